The zero-order valence-electron chi connectivity index (χ0n) is 10.7. The fourth-order valence-corrected chi connectivity index (χ4v) is 1.94. The van der Waals surface area contributed by atoms with E-state index in [1.807, 2.05) is 36.3 Å². The van der Waals surface area contributed by atoms with Gasteiger partial charge in [0.25, 0.3) is 0 Å². The number of carbonyl (C=O) groups excluding carboxylic acids is 1. The van der Waals surface area contributed by atoms with Crippen LogP contribution in [0.3, 0.4) is 0 Å². The summed E-state index contributed by atoms with van der Waals surface area (Å²) in [6.07, 6.45) is 3.60. The standard InChI is InChI=1S/C13H17N3O2/c1-15(7-5-9-18-2)13-11(10-17)16-8-4-3-6-12(16)14-13/h3-4,6,8,10H,5,7,9H2,1-2H3. The number of aromatic nitrogens is 2. The van der Waals surface area contributed by atoms with Crippen LogP contribution in [0.15, 0.2) is 24.4 Å². The van der Waals surface area contributed by atoms with Gasteiger partial charge >= 0.3 is 0 Å². The lowest BCUT2D eigenvalue weighted by Gasteiger charge is -2.16. The van der Waals surface area contributed by atoms with E-state index in [0.29, 0.717) is 18.1 Å². The van der Waals surface area contributed by atoms with Crippen molar-refractivity contribution >= 4 is 17.8 Å². The molecule has 0 aliphatic rings. The maximum atomic E-state index is 11.2. The van der Waals surface area contributed by atoms with Gasteiger partial charge in [0, 0.05) is 33.5 Å². The topological polar surface area (TPSA) is 46.8 Å². The molecule has 5 heteroatoms. The molecule has 0 bridgehead atoms. The van der Waals surface area contributed by atoms with E-state index < -0.39 is 0 Å². The Hall–Kier alpha value is -1.88. The molecule has 0 aliphatic carbocycles. The SMILES string of the molecule is COCCCN(C)c1nc2ccccn2c1C=O. The van der Waals surface area contributed by atoms with Crippen molar-refractivity contribution in [2.75, 3.05) is 32.2 Å². The third-order valence-corrected chi connectivity index (χ3v) is 2.86. The number of nitrogens with zero attached hydrogens (tertiary/aromatic N) is 3. The Balaban J connectivity index is 2.29. The summed E-state index contributed by atoms with van der Waals surface area (Å²) in [5, 5.41) is 0. The van der Waals surface area contributed by atoms with Crippen molar-refractivity contribution in [3.63, 3.8) is 0 Å². The smallest absolute Gasteiger partial charge is 0.170 e. The third-order valence-electron chi connectivity index (χ3n) is 2.86. The molecule has 0 spiro atoms. The average molecular weight is 247 g/mol. The van der Waals surface area contributed by atoms with Gasteiger partial charge < -0.3 is 9.64 Å². The van der Waals surface area contributed by atoms with Crippen LogP contribution in [0, 0.1) is 0 Å². The van der Waals surface area contributed by atoms with E-state index in [1.165, 1.54) is 0 Å². The number of hydrogen-bond acceptors (Lipinski definition) is 4. The molecule has 18 heavy (non-hydrogen) atoms. The first-order valence-corrected chi connectivity index (χ1v) is 5.90. The molecule has 0 N–H and O–H groups in total. The lowest BCUT2D eigenvalue weighted by Crippen LogP contribution is -2.21. The molecule has 5 nitrogen and oxygen atoms in total. The maximum Gasteiger partial charge on any atom is 0.170 e. The number of fused-ring (bicyclic) bond motifs is 1. The first-order chi connectivity index (χ1) is 8.77. The maximum absolute atomic E-state index is 11.2. The number of methoxy groups -OCH3 is 1. The Bertz CT molecular complexity index is 536. The molecule has 2 heterocycles. The fourth-order valence-electron chi connectivity index (χ4n) is 1.94. The second-order valence-electron chi connectivity index (χ2n) is 4.14. The van der Waals surface area contributed by atoms with Crippen LogP contribution in [0.2, 0.25) is 0 Å². The highest BCUT2D eigenvalue weighted by Crippen LogP contribution is 2.19. The average Bonchev–Trinajstić information content (AvgIpc) is 2.77. The van der Waals surface area contributed by atoms with Crippen molar-refractivity contribution in [2.45, 2.75) is 6.42 Å². The van der Waals surface area contributed by atoms with Gasteiger partial charge in [0.15, 0.2) is 12.1 Å². The van der Waals surface area contributed by atoms with E-state index >= 15 is 0 Å². The molecule has 2 aromatic heterocycles. The summed E-state index contributed by atoms with van der Waals surface area (Å²) in [5.41, 5.74) is 1.37. The molecule has 2 aromatic rings. The van der Waals surface area contributed by atoms with Crippen molar-refractivity contribution < 1.29 is 9.53 Å². The number of pyridine rings is 1. The number of ether oxygens (including phenoxy) is 1. The number of anilines is 1. The lowest BCUT2D eigenvalue weighted by atomic mass is 10.3. The van der Waals surface area contributed by atoms with E-state index in [-0.39, 0.29) is 0 Å². The molecule has 0 saturated carbocycles. The molecule has 2 rings (SSSR count). The highest BCUT2D eigenvalue weighted by Gasteiger charge is 2.14. The van der Waals surface area contributed by atoms with Gasteiger partial charge in [-0.2, -0.15) is 0 Å². The van der Waals surface area contributed by atoms with Gasteiger partial charge in [-0.25, -0.2) is 4.98 Å². The molecular weight excluding hydrogens is 230 g/mol. The van der Waals surface area contributed by atoms with Crippen molar-refractivity contribution in [1.29, 1.82) is 0 Å². The molecule has 0 atom stereocenters. The Kier molecular flexibility index (Phi) is 3.94. The first-order valence-electron chi connectivity index (χ1n) is 5.90. The van der Waals surface area contributed by atoms with E-state index in [9.17, 15) is 4.79 Å². The van der Waals surface area contributed by atoms with Gasteiger partial charge in [0.05, 0.1) is 0 Å². The van der Waals surface area contributed by atoms with Crippen molar-refractivity contribution in [2.24, 2.45) is 0 Å². The summed E-state index contributed by atoms with van der Waals surface area (Å²) in [7, 11) is 3.62. The van der Waals surface area contributed by atoms with Gasteiger partial charge in [0.1, 0.15) is 11.3 Å². The Labute approximate surface area is 106 Å². The van der Waals surface area contributed by atoms with E-state index in [1.54, 1.807) is 11.5 Å². The number of hydrogen-bond donors (Lipinski definition) is 0. The summed E-state index contributed by atoms with van der Waals surface area (Å²) in [4.78, 5) is 17.7. The summed E-state index contributed by atoms with van der Waals surface area (Å²) in [5.74, 6) is 0.715. The largest absolute Gasteiger partial charge is 0.385 e. The Morgan fingerprint density at radius 1 is 1.50 bits per heavy atom. The van der Waals surface area contributed by atoms with Gasteiger partial charge in [-0.15, -0.1) is 0 Å². The molecule has 0 unspecified atom stereocenters. The van der Waals surface area contributed by atoms with Crippen LogP contribution in [0.5, 0.6) is 0 Å². The predicted molar refractivity (Wildman–Crippen MR) is 70.3 cm³/mol. The highest BCUT2D eigenvalue weighted by molar-refractivity contribution is 5.83. The second-order valence-corrected chi connectivity index (χ2v) is 4.14. The van der Waals surface area contributed by atoms with Crippen molar-refractivity contribution in [3.8, 4) is 0 Å². The van der Waals surface area contributed by atoms with Gasteiger partial charge in [-0.3, -0.25) is 9.20 Å². The van der Waals surface area contributed by atoms with Gasteiger partial charge in [-0.1, -0.05) is 6.07 Å². The normalized spacial score (nSPS) is 10.8. The zero-order valence-corrected chi connectivity index (χ0v) is 10.7. The minimum Gasteiger partial charge on any atom is -0.385 e. The summed E-state index contributed by atoms with van der Waals surface area (Å²) in [6.45, 7) is 1.51. The molecule has 0 fully saturated rings. The second kappa shape index (κ2) is 5.64. The quantitative estimate of drug-likeness (QED) is 0.575. The molecule has 0 radical (unpaired) electrons. The number of aldehydes is 1. The Morgan fingerprint density at radius 2 is 2.33 bits per heavy atom. The molecule has 96 valence electrons. The minimum atomic E-state index is 0.588. The highest BCUT2D eigenvalue weighted by atomic mass is 16.5. The molecule has 0 saturated heterocycles. The molecular formula is C13H17N3O2. The van der Waals surface area contributed by atoms with E-state index in [0.717, 1.165) is 24.9 Å². The van der Waals surface area contributed by atoms with Crippen LogP contribution in [0.1, 0.15) is 16.9 Å². The number of rotatable bonds is 6. The fraction of sp³-hybridized carbons (Fsp3) is 0.385. The monoisotopic (exact) mass is 247 g/mol. The predicted octanol–water partition coefficient (Wildman–Crippen LogP) is 1.62. The lowest BCUT2D eigenvalue weighted by molar-refractivity contribution is 0.111. The molecule has 0 aliphatic heterocycles. The minimum absolute atomic E-state index is 0.588. The van der Waals surface area contributed by atoms with Crippen molar-refractivity contribution in [1.82, 2.24) is 9.38 Å². The van der Waals surface area contributed by atoms with Crippen LogP contribution < -0.4 is 4.90 Å². The summed E-state index contributed by atoms with van der Waals surface area (Å²) >= 11 is 0. The molecule has 0 amide bonds. The van der Waals surface area contributed by atoms with Crippen LogP contribution in [0.25, 0.3) is 5.65 Å². The zero-order chi connectivity index (χ0) is 13.0. The van der Waals surface area contributed by atoms with Crippen LogP contribution in [-0.2, 0) is 4.74 Å². The Morgan fingerprint density at radius 3 is 3.06 bits per heavy atom. The number of imidazole rings is 1. The first kappa shape index (κ1) is 12.6. The van der Waals surface area contributed by atoms with Crippen LogP contribution in [-0.4, -0.2) is 43.0 Å². The van der Waals surface area contributed by atoms with Gasteiger partial charge in [-0.05, 0) is 18.6 Å². The van der Waals surface area contributed by atoms with Crippen molar-refractivity contribution in [3.05, 3.63) is 30.1 Å². The molecule has 0 aromatic carbocycles. The summed E-state index contributed by atoms with van der Waals surface area (Å²) in [6, 6.07) is 5.68. The van der Waals surface area contributed by atoms with E-state index in [2.05, 4.69) is 4.98 Å². The number of carbonyl (C=O) groups is 1. The summed E-state index contributed by atoms with van der Waals surface area (Å²) < 4.78 is 6.82. The van der Waals surface area contributed by atoms with Gasteiger partial charge in [0.2, 0.25) is 0 Å². The van der Waals surface area contributed by atoms with Crippen LogP contribution >= 0.6 is 0 Å². The third kappa shape index (κ3) is 2.36. The van der Waals surface area contributed by atoms with Crippen LogP contribution in [0.4, 0.5) is 5.82 Å². The van der Waals surface area contributed by atoms with E-state index in [4.69, 9.17) is 4.74 Å².